The second-order valence-electron chi connectivity index (χ2n) is 5.66. The van der Waals surface area contributed by atoms with Crippen LogP contribution in [0.15, 0.2) is 22.6 Å². The summed E-state index contributed by atoms with van der Waals surface area (Å²) in [5, 5.41) is 0.493. The molecule has 0 aromatic heterocycles. The summed E-state index contributed by atoms with van der Waals surface area (Å²) in [6.45, 7) is 4.17. The Bertz CT molecular complexity index is 643. The first-order valence-electron chi connectivity index (χ1n) is 6.88. The van der Waals surface area contributed by atoms with Gasteiger partial charge in [0, 0.05) is 23.7 Å². The Labute approximate surface area is 131 Å². The van der Waals surface area contributed by atoms with Crippen molar-refractivity contribution in [1.82, 2.24) is 9.21 Å². The average molecular weight is 334 g/mol. The fourth-order valence-electron chi connectivity index (χ4n) is 2.72. The smallest absolute Gasteiger partial charge is 0.276 e. The SMILES string of the molecule is Cc1ccc(N=S(=O)(F)N2CCC(N(C)C)C2C)cc1Cl. The maximum Gasteiger partial charge on any atom is 0.276 e. The Morgan fingerprint density at radius 3 is 2.67 bits per heavy atom. The van der Waals surface area contributed by atoms with E-state index in [2.05, 4.69) is 4.36 Å². The van der Waals surface area contributed by atoms with Crippen molar-refractivity contribution >= 4 is 27.6 Å². The molecule has 1 fully saturated rings. The largest absolute Gasteiger partial charge is 0.305 e. The molecule has 0 N–H and O–H groups in total. The zero-order valence-corrected chi connectivity index (χ0v) is 14.3. The first-order valence-corrected chi connectivity index (χ1v) is 8.63. The van der Waals surface area contributed by atoms with Crippen LogP contribution in [-0.4, -0.2) is 46.1 Å². The van der Waals surface area contributed by atoms with Gasteiger partial charge in [-0.05, 0) is 52.1 Å². The molecule has 0 aliphatic carbocycles. The van der Waals surface area contributed by atoms with Crippen molar-refractivity contribution in [2.24, 2.45) is 4.36 Å². The maximum absolute atomic E-state index is 14.6. The molecule has 0 radical (unpaired) electrons. The lowest BCUT2D eigenvalue weighted by Crippen LogP contribution is -2.41. The van der Waals surface area contributed by atoms with Gasteiger partial charge in [-0.15, -0.1) is 3.89 Å². The van der Waals surface area contributed by atoms with Crippen molar-refractivity contribution in [1.29, 1.82) is 0 Å². The molecule has 7 heteroatoms. The van der Waals surface area contributed by atoms with Crippen LogP contribution in [0, 0.1) is 6.92 Å². The summed E-state index contributed by atoms with van der Waals surface area (Å²) in [5.41, 5.74) is 1.18. The summed E-state index contributed by atoms with van der Waals surface area (Å²) >= 11 is 6.00. The van der Waals surface area contributed by atoms with E-state index in [1.54, 1.807) is 18.2 Å². The minimum atomic E-state index is -3.94. The highest BCUT2D eigenvalue weighted by molar-refractivity contribution is 7.86. The second kappa shape index (κ2) is 6.20. The molecule has 118 valence electrons. The molecule has 21 heavy (non-hydrogen) atoms. The molecule has 1 saturated heterocycles. The Kier molecular flexibility index (Phi) is 4.92. The molecule has 1 aliphatic heterocycles. The van der Waals surface area contributed by atoms with Crippen LogP contribution in [0.1, 0.15) is 18.9 Å². The third-order valence-electron chi connectivity index (χ3n) is 3.98. The van der Waals surface area contributed by atoms with Gasteiger partial charge in [-0.1, -0.05) is 17.7 Å². The predicted octanol–water partition coefficient (Wildman–Crippen LogP) is 3.57. The summed E-state index contributed by atoms with van der Waals surface area (Å²) in [6, 6.07) is 4.94. The van der Waals surface area contributed by atoms with Crippen molar-refractivity contribution in [3.63, 3.8) is 0 Å². The Hall–Kier alpha value is -0.690. The molecule has 1 aromatic carbocycles. The van der Waals surface area contributed by atoms with Crippen molar-refractivity contribution in [3.05, 3.63) is 28.8 Å². The number of hydrogen-bond acceptors (Lipinski definition) is 3. The van der Waals surface area contributed by atoms with Gasteiger partial charge in [0.25, 0.3) is 10.3 Å². The molecule has 0 amide bonds. The van der Waals surface area contributed by atoms with Gasteiger partial charge in [0.1, 0.15) is 0 Å². The van der Waals surface area contributed by atoms with E-state index >= 15 is 0 Å². The van der Waals surface area contributed by atoms with E-state index in [0.29, 0.717) is 17.3 Å². The van der Waals surface area contributed by atoms with E-state index in [-0.39, 0.29) is 12.1 Å². The fraction of sp³-hybridized carbons (Fsp3) is 0.571. The van der Waals surface area contributed by atoms with Gasteiger partial charge in [-0.3, -0.25) is 0 Å². The van der Waals surface area contributed by atoms with Gasteiger partial charge in [0.2, 0.25) is 0 Å². The zero-order chi connectivity index (χ0) is 15.8. The third kappa shape index (κ3) is 3.56. The number of hydrogen-bond donors (Lipinski definition) is 0. The van der Waals surface area contributed by atoms with E-state index in [1.165, 1.54) is 4.31 Å². The minimum absolute atomic E-state index is 0.151. The van der Waals surface area contributed by atoms with Crippen LogP contribution in [0.5, 0.6) is 0 Å². The zero-order valence-electron chi connectivity index (χ0n) is 12.7. The molecule has 3 unspecified atom stereocenters. The molecule has 1 heterocycles. The van der Waals surface area contributed by atoms with Gasteiger partial charge < -0.3 is 4.90 Å². The molecule has 0 bridgehead atoms. The standard InChI is InChI=1S/C14H21ClFN3OS/c1-10-5-6-12(9-13(10)15)17-21(16,20)19-8-7-14(11(19)2)18(3)4/h5-6,9,11,14H,7-8H2,1-4H3. The summed E-state index contributed by atoms with van der Waals surface area (Å²) < 4.78 is 32.1. The molecule has 1 aliphatic rings. The molecule has 1 aromatic rings. The Morgan fingerprint density at radius 2 is 2.14 bits per heavy atom. The fourth-order valence-corrected chi connectivity index (χ4v) is 4.26. The topological polar surface area (TPSA) is 35.9 Å². The average Bonchev–Trinajstić information content (AvgIpc) is 2.76. The van der Waals surface area contributed by atoms with Crippen LogP contribution < -0.4 is 0 Å². The van der Waals surface area contributed by atoms with E-state index < -0.39 is 10.3 Å². The van der Waals surface area contributed by atoms with Crippen molar-refractivity contribution in [2.45, 2.75) is 32.4 Å². The number of rotatable bonds is 3. The number of likely N-dealkylation sites (N-methyl/N-ethyl adjacent to an activating group) is 1. The van der Waals surface area contributed by atoms with E-state index in [1.807, 2.05) is 32.8 Å². The summed E-state index contributed by atoms with van der Waals surface area (Å²) in [6.07, 6.45) is 0.777. The minimum Gasteiger partial charge on any atom is -0.305 e. The van der Waals surface area contributed by atoms with E-state index in [9.17, 15) is 8.09 Å². The lowest BCUT2D eigenvalue weighted by molar-refractivity contribution is 0.250. The van der Waals surface area contributed by atoms with E-state index in [0.717, 1.165) is 12.0 Å². The summed E-state index contributed by atoms with van der Waals surface area (Å²) in [4.78, 5) is 2.03. The van der Waals surface area contributed by atoms with Crippen molar-refractivity contribution in [3.8, 4) is 0 Å². The Morgan fingerprint density at radius 1 is 1.48 bits per heavy atom. The van der Waals surface area contributed by atoms with Gasteiger partial charge in [-0.25, -0.2) is 0 Å². The lowest BCUT2D eigenvalue weighted by atomic mass is 10.1. The van der Waals surface area contributed by atoms with Gasteiger partial charge >= 0.3 is 0 Å². The van der Waals surface area contributed by atoms with Crippen molar-refractivity contribution < 1.29 is 8.09 Å². The first-order chi connectivity index (χ1) is 9.72. The van der Waals surface area contributed by atoms with Crippen LogP contribution in [-0.2, 0) is 10.3 Å². The van der Waals surface area contributed by atoms with Gasteiger partial charge in [-0.2, -0.15) is 12.9 Å². The third-order valence-corrected chi connectivity index (χ3v) is 5.92. The Balaban J connectivity index is 2.31. The molecular formula is C14H21ClFN3OS. The van der Waals surface area contributed by atoms with Gasteiger partial charge in [0.05, 0.1) is 5.69 Å². The molecule has 2 rings (SSSR count). The van der Waals surface area contributed by atoms with Crippen LogP contribution in [0.2, 0.25) is 5.02 Å². The highest BCUT2D eigenvalue weighted by Gasteiger charge is 2.38. The normalized spacial score (nSPS) is 26.0. The number of nitrogens with zero attached hydrogens (tertiary/aromatic N) is 3. The molecule has 4 nitrogen and oxygen atoms in total. The summed E-state index contributed by atoms with van der Waals surface area (Å²) in [5.74, 6) is 0. The quantitative estimate of drug-likeness (QED) is 0.793. The monoisotopic (exact) mass is 333 g/mol. The highest BCUT2D eigenvalue weighted by atomic mass is 35.5. The molecular weight excluding hydrogens is 313 g/mol. The molecule has 3 atom stereocenters. The van der Waals surface area contributed by atoms with Crippen LogP contribution in [0.4, 0.5) is 9.57 Å². The number of benzene rings is 1. The lowest BCUT2D eigenvalue weighted by Gasteiger charge is -2.27. The van der Waals surface area contributed by atoms with Crippen LogP contribution in [0.25, 0.3) is 0 Å². The molecule has 0 saturated carbocycles. The predicted molar refractivity (Wildman–Crippen MR) is 85.8 cm³/mol. The molecule has 0 spiro atoms. The van der Waals surface area contributed by atoms with Crippen molar-refractivity contribution in [2.75, 3.05) is 20.6 Å². The second-order valence-corrected chi connectivity index (χ2v) is 7.58. The summed E-state index contributed by atoms with van der Waals surface area (Å²) in [7, 11) is -0.0432. The van der Waals surface area contributed by atoms with Crippen LogP contribution >= 0.6 is 11.6 Å². The van der Waals surface area contributed by atoms with E-state index in [4.69, 9.17) is 11.6 Å². The maximum atomic E-state index is 14.6. The van der Waals surface area contributed by atoms with Gasteiger partial charge in [0.15, 0.2) is 0 Å². The van der Waals surface area contributed by atoms with Crippen LogP contribution in [0.3, 0.4) is 0 Å². The number of aryl methyl sites for hydroxylation is 1. The highest BCUT2D eigenvalue weighted by Crippen LogP contribution is 2.30. The first kappa shape index (κ1) is 16.7. The number of halogens is 2.